The number of nitrogens with one attached hydrogen (secondary N) is 1. The minimum Gasteiger partial charge on any atom is -0.359 e. The van der Waals surface area contributed by atoms with Crippen LogP contribution < -0.4 is 11.1 Å². The van der Waals surface area contributed by atoms with Crippen molar-refractivity contribution in [3.63, 3.8) is 0 Å². The zero-order valence-electron chi connectivity index (χ0n) is 8.01. The molecule has 1 heterocycles. The van der Waals surface area contributed by atoms with E-state index >= 15 is 0 Å². The molecule has 0 amide bonds. The Bertz CT molecular complexity index is 311. The molecule has 1 aromatic rings. The minimum atomic E-state index is -4.48. The fraction of sp³-hybridized carbons (Fsp3) is 0.714. The number of nitrogens with zero attached hydrogens (tertiary/aromatic N) is 2. The monoisotopic (exact) mass is 240 g/mol. The number of anilines is 1. The van der Waals surface area contributed by atoms with Crippen LogP contribution in [0, 0.1) is 0 Å². The summed E-state index contributed by atoms with van der Waals surface area (Å²) in [6.07, 6.45) is -3.73. The lowest BCUT2D eigenvalue weighted by Crippen LogP contribution is -2.28. The van der Waals surface area contributed by atoms with Crippen molar-refractivity contribution in [3.05, 3.63) is 5.82 Å². The molecule has 1 rings (SSSR count). The van der Waals surface area contributed by atoms with Crippen molar-refractivity contribution in [1.82, 2.24) is 9.36 Å². The van der Waals surface area contributed by atoms with E-state index in [0.717, 1.165) is 6.42 Å². The number of rotatable bonds is 4. The molecule has 0 aromatic carbocycles. The van der Waals surface area contributed by atoms with Gasteiger partial charge in [-0.25, -0.2) is 0 Å². The van der Waals surface area contributed by atoms with Crippen molar-refractivity contribution in [2.45, 2.75) is 25.6 Å². The number of aromatic nitrogens is 2. The van der Waals surface area contributed by atoms with Gasteiger partial charge >= 0.3 is 6.18 Å². The third-order valence-corrected chi connectivity index (χ3v) is 2.39. The van der Waals surface area contributed by atoms with Gasteiger partial charge in [-0.05, 0) is 6.42 Å². The summed E-state index contributed by atoms with van der Waals surface area (Å²) in [5, 5.41) is 2.85. The van der Waals surface area contributed by atoms with Crippen LogP contribution in [0.1, 0.15) is 19.2 Å². The van der Waals surface area contributed by atoms with Crippen LogP contribution in [0.5, 0.6) is 0 Å². The smallest absolute Gasteiger partial charge is 0.359 e. The van der Waals surface area contributed by atoms with Gasteiger partial charge < -0.3 is 11.1 Å². The number of alkyl halides is 3. The molecule has 0 aliphatic heterocycles. The van der Waals surface area contributed by atoms with Gasteiger partial charge in [0, 0.05) is 24.1 Å². The number of nitrogens with two attached hydrogens (primary N) is 1. The first kappa shape index (κ1) is 12.2. The van der Waals surface area contributed by atoms with Crippen molar-refractivity contribution in [2.75, 3.05) is 11.9 Å². The third kappa shape index (κ3) is 3.63. The van der Waals surface area contributed by atoms with Crippen molar-refractivity contribution in [3.8, 4) is 0 Å². The molecule has 0 saturated carbocycles. The lowest BCUT2D eigenvalue weighted by atomic mass is 10.2. The second-order valence-electron chi connectivity index (χ2n) is 2.97. The zero-order valence-corrected chi connectivity index (χ0v) is 8.82. The van der Waals surface area contributed by atoms with E-state index in [1.807, 2.05) is 6.92 Å². The predicted molar refractivity (Wildman–Crippen MR) is 51.7 cm³/mol. The van der Waals surface area contributed by atoms with Gasteiger partial charge in [-0.1, -0.05) is 6.92 Å². The Balaban J connectivity index is 2.54. The minimum absolute atomic E-state index is 0.0942. The van der Waals surface area contributed by atoms with Gasteiger partial charge in [0.25, 0.3) is 0 Å². The first-order chi connectivity index (χ1) is 6.93. The highest BCUT2D eigenvalue weighted by molar-refractivity contribution is 7.09. The van der Waals surface area contributed by atoms with Crippen LogP contribution in [0.4, 0.5) is 18.3 Å². The summed E-state index contributed by atoms with van der Waals surface area (Å²) in [6, 6.07) is -0.0942. The molecule has 0 radical (unpaired) electrons. The van der Waals surface area contributed by atoms with Gasteiger partial charge in [0.1, 0.15) is 0 Å². The molecule has 1 aromatic heterocycles. The van der Waals surface area contributed by atoms with Crippen LogP contribution in [-0.4, -0.2) is 21.9 Å². The first-order valence-electron chi connectivity index (χ1n) is 4.33. The molecule has 0 spiro atoms. The summed E-state index contributed by atoms with van der Waals surface area (Å²) in [5.74, 6) is -1.11. The van der Waals surface area contributed by atoms with Gasteiger partial charge in [0.05, 0.1) is 0 Å². The largest absolute Gasteiger partial charge is 0.452 e. The lowest BCUT2D eigenvalue weighted by molar-refractivity contribution is -0.144. The zero-order chi connectivity index (χ0) is 11.5. The fourth-order valence-electron chi connectivity index (χ4n) is 0.773. The van der Waals surface area contributed by atoms with Gasteiger partial charge in [-0.2, -0.15) is 22.5 Å². The van der Waals surface area contributed by atoms with Crippen LogP contribution in [0.2, 0.25) is 0 Å². The summed E-state index contributed by atoms with van der Waals surface area (Å²) >= 11 is 0.681. The van der Waals surface area contributed by atoms with Gasteiger partial charge in [0.2, 0.25) is 11.0 Å². The fourth-order valence-corrected chi connectivity index (χ4v) is 1.37. The normalized spacial score (nSPS) is 13.9. The van der Waals surface area contributed by atoms with Crippen LogP contribution in [-0.2, 0) is 6.18 Å². The van der Waals surface area contributed by atoms with Gasteiger partial charge in [-0.3, -0.25) is 0 Å². The van der Waals surface area contributed by atoms with E-state index in [-0.39, 0.29) is 11.2 Å². The molecular weight excluding hydrogens is 229 g/mol. The molecule has 1 atom stereocenters. The third-order valence-electron chi connectivity index (χ3n) is 1.72. The second-order valence-corrected chi connectivity index (χ2v) is 3.72. The summed E-state index contributed by atoms with van der Waals surface area (Å²) < 4.78 is 39.5. The molecular formula is C7H11F3N4S. The van der Waals surface area contributed by atoms with E-state index in [9.17, 15) is 13.2 Å². The molecule has 3 N–H and O–H groups in total. The first-order valence-corrected chi connectivity index (χ1v) is 5.11. The molecule has 8 heteroatoms. The maximum atomic E-state index is 12.1. The van der Waals surface area contributed by atoms with Crippen LogP contribution >= 0.6 is 11.5 Å². The Hall–Kier alpha value is -0.890. The van der Waals surface area contributed by atoms with Crippen LogP contribution in [0.3, 0.4) is 0 Å². The molecule has 0 bridgehead atoms. The van der Waals surface area contributed by atoms with E-state index in [2.05, 4.69) is 14.7 Å². The number of halogens is 3. The second kappa shape index (κ2) is 4.75. The summed E-state index contributed by atoms with van der Waals surface area (Å²) in [4.78, 5) is 3.30. The van der Waals surface area contributed by atoms with Crippen molar-refractivity contribution < 1.29 is 13.2 Å². The Morgan fingerprint density at radius 3 is 2.67 bits per heavy atom. The summed E-state index contributed by atoms with van der Waals surface area (Å²) in [6.45, 7) is 2.29. The maximum absolute atomic E-state index is 12.1. The van der Waals surface area contributed by atoms with E-state index in [1.165, 1.54) is 0 Å². The number of hydrogen-bond acceptors (Lipinski definition) is 5. The molecule has 15 heavy (non-hydrogen) atoms. The number of hydrogen-bond donors (Lipinski definition) is 2. The van der Waals surface area contributed by atoms with E-state index < -0.39 is 12.0 Å². The average Bonchev–Trinajstić information content (AvgIpc) is 2.61. The quantitative estimate of drug-likeness (QED) is 0.840. The highest BCUT2D eigenvalue weighted by atomic mass is 32.1. The molecule has 0 aliphatic carbocycles. The van der Waals surface area contributed by atoms with Crippen LogP contribution in [0.15, 0.2) is 0 Å². The Kier molecular flexibility index (Phi) is 3.86. The highest BCUT2D eigenvalue weighted by Gasteiger charge is 2.36. The molecule has 0 aliphatic rings. The Labute approximate surface area is 88.9 Å². The van der Waals surface area contributed by atoms with E-state index in [0.29, 0.717) is 18.1 Å². The predicted octanol–water partition coefficient (Wildman–Crippen LogP) is 1.71. The molecule has 4 nitrogen and oxygen atoms in total. The van der Waals surface area contributed by atoms with Crippen molar-refractivity contribution in [1.29, 1.82) is 0 Å². The maximum Gasteiger partial charge on any atom is 0.452 e. The Morgan fingerprint density at radius 1 is 1.53 bits per heavy atom. The summed E-state index contributed by atoms with van der Waals surface area (Å²) in [7, 11) is 0. The highest BCUT2D eigenvalue weighted by Crippen LogP contribution is 2.28. The van der Waals surface area contributed by atoms with E-state index in [4.69, 9.17) is 5.73 Å². The molecule has 1 unspecified atom stereocenters. The summed E-state index contributed by atoms with van der Waals surface area (Å²) in [5.41, 5.74) is 5.59. The SMILES string of the molecule is CCC(N)CNc1nc(C(F)(F)F)ns1. The molecule has 86 valence electrons. The topological polar surface area (TPSA) is 63.8 Å². The average molecular weight is 240 g/mol. The standard InChI is InChI=1S/C7H11F3N4S/c1-2-4(11)3-12-6-13-5(14-15-6)7(8,9)10/h4H,2-3,11H2,1H3,(H,12,13,14). The lowest BCUT2D eigenvalue weighted by Gasteiger charge is -2.07. The van der Waals surface area contributed by atoms with Crippen molar-refractivity contribution >= 4 is 16.7 Å². The van der Waals surface area contributed by atoms with Gasteiger partial charge in [0.15, 0.2) is 0 Å². The van der Waals surface area contributed by atoms with Gasteiger partial charge in [-0.15, -0.1) is 0 Å². The molecule has 0 saturated heterocycles. The Morgan fingerprint density at radius 2 is 2.20 bits per heavy atom. The van der Waals surface area contributed by atoms with E-state index in [1.54, 1.807) is 0 Å². The molecule has 0 fully saturated rings. The van der Waals surface area contributed by atoms with Crippen LogP contribution in [0.25, 0.3) is 0 Å². The van der Waals surface area contributed by atoms with Crippen molar-refractivity contribution in [2.24, 2.45) is 5.73 Å².